The fourth-order valence-electron chi connectivity index (χ4n) is 2.69. The highest BCUT2D eigenvalue weighted by Crippen LogP contribution is 2.08. The molecule has 7 nitrogen and oxygen atoms in total. The Kier molecular flexibility index (Phi) is 6.92. The van der Waals surface area contributed by atoms with Crippen LogP contribution in [0.4, 0.5) is 0 Å². The maximum atomic E-state index is 4.69. The molecule has 0 aliphatic heterocycles. The lowest BCUT2D eigenvalue weighted by molar-refractivity contribution is 0.684. The molecule has 0 spiro atoms. The second kappa shape index (κ2) is 10.1. The number of aromatic nitrogens is 4. The Labute approximate surface area is 159 Å². The number of hydrogen-bond acceptors (Lipinski definition) is 4. The summed E-state index contributed by atoms with van der Waals surface area (Å²) in [6.45, 7) is 5.00. The molecule has 140 valence electrons. The minimum absolute atomic E-state index is 0.615. The fraction of sp³-hybridized carbons (Fsp3) is 0.300. The van der Waals surface area contributed by atoms with Crippen molar-refractivity contribution in [1.82, 2.24) is 30.4 Å². The van der Waals surface area contributed by atoms with Gasteiger partial charge in [-0.25, -0.2) is 14.7 Å². The van der Waals surface area contributed by atoms with Crippen molar-refractivity contribution in [3.63, 3.8) is 0 Å². The Bertz CT molecular complexity index is 829. The van der Waals surface area contributed by atoms with Gasteiger partial charge in [-0.3, -0.25) is 4.98 Å². The summed E-state index contributed by atoms with van der Waals surface area (Å²) < 4.78 is 1.81. The Morgan fingerprint density at radius 2 is 2.04 bits per heavy atom. The largest absolute Gasteiger partial charge is 0.357 e. The number of rotatable bonds is 8. The molecule has 0 fully saturated rings. The van der Waals surface area contributed by atoms with Crippen molar-refractivity contribution in [3.8, 4) is 0 Å². The van der Waals surface area contributed by atoms with Gasteiger partial charge < -0.3 is 10.6 Å². The maximum Gasteiger partial charge on any atom is 0.191 e. The Hall–Kier alpha value is -3.22. The van der Waals surface area contributed by atoms with Gasteiger partial charge in [-0.1, -0.05) is 30.3 Å². The lowest BCUT2D eigenvalue weighted by atomic mass is 10.1. The molecule has 7 heteroatoms. The SMILES string of the molecule is CCNC(=NCc1cccc(Cn2cncn2)c1)NCCc1ccccn1. The van der Waals surface area contributed by atoms with Crippen LogP contribution in [0.1, 0.15) is 23.7 Å². The molecule has 3 rings (SSSR count). The van der Waals surface area contributed by atoms with E-state index >= 15 is 0 Å². The molecule has 0 atom stereocenters. The molecule has 0 aliphatic rings. The van der Waals surface area contributed by atoms with Crippen LogP contribution >= 0.6 is 0 Å². The van der Waals surface area contributed by atoms with Crippen LogP contribution in [0.25, 0.3) is 0 Å². The molecule has 0 amide bonds. The summed E-state index contributed by atoms with van der Waals surface area (Å²) in [5.41, 5.74) is 3.41. The lowest BCUT2D eigenvalue weighted by Crippen LogP contribution is -2.38. The summed E-state index contributed by atoms with van der Waals surface area (Å²) in [6.07, 6.45) is 5.95. The molecule has 1 aromatic carbocycles. The summed E-state index contributed by atoms with van der Waals surface area (Å²) in [6, 6.07) is 14.4. The Morgan fingerprint density at radius 3 is 2.81 bits per heavy atom. The van der Waals surface area contributed by atoms with Crippen molar-refractivity contribution in [1.29, 1.82) is 0 Å². The molecule has 0 radical (unpaired) electrons. The first-order valence-corrected chi connectivity index (χ1v) is 9.16. The highest BCUT2D eigenvalue weighted by atomic mass is 15.3. The van der Waals surface area contributed by atoms with Crippen LogP contribution in [0, 0.1) is 0 Å². The smallest absolute Gasteiger partial charge is 0.191 e. The summed E-state index contributed by atoms with van der Waals surface area (Å²) in [7, 11) is 0. The predicted octanol–water partition coefficient (Wildman–Crippen LogP) is 2.02. The Morgan fingerprint density at radius 1 is 1.11 bits per heavy atom. The van der Waals surface area contributed by atoms with E-state index in [2.05, 4.69) is 56.9 Å². The molecule has 2 aromatic heterocycles. The van der Waals surface area contributed by atoms with Crippen molar-refractivity contribution in [2.75, 3.05) is 13.1 Å². The van der Waals surface area contributed by atoms with E-state index in [0.29, 0.717) is 13.1 Å². The van der Waals surface area contributed by atoms with Gasteiger partial charge >= 0.3 is 0 Å². The second-order valence-corrected chi connectivity index (χ2v) is 6.11. The van der Waals surface area contributed by atoms with Gasteiger partial charge in [-0.15, -0.1) is 0 Å². The van der Waals surface area contributed by atoms with Crippen molar-refractivity contribution in [2.24, 2.45) is 4.99 Å². The van der Waals surface area contributed by atoms with E-state index in [0.717, 1.165) is 36.7 Å². The monoisotopic (exact) mass is 363 g/mol. The predicted molar refractivity (Wildman–Crippen MR) is 106 cm³/mol. The molecular weight excluding hydrogens is 338 g/mol. The minimum Gasteiger partial charge on any atom is -0.357 e. The summed E-state index contributed by atoms with van der Waals surface area (Å²) in [5, 5.41) is 10.8. The molecule has 2 N–H and O–H groups in total. The van der Waals surface area contributed by atoms with Crippen LogP contribution in [0.15, 0.2) is 66.3 Å². The van der Waals surface area contributed by atoms with Gasteiger partial charge in [0.25, 0.3) is 0 Å². The number of nitrogens with one attached hydrogen (secondary N) is 2. The van der Waals surface area contributed by atoms with Crippen LogP contribution in [-0.4, -0.2) is 38.8 Å². The van der Waals surface area contributed by atoms with Crippen LogP contribution in [-0.2, 0) is 19.5 Å². The van der Waals surface area contributed by atoms with Gasteiger partial charge in [0.15, 0.2) is 5.96 Å². The van der Waals surface area contributed by atoms with Gasteiger partial charge in [-0.05, 0) is 30.2 Å². The standard InChI is InChI=1S/C20H25N7/c1-2-22-20(24-11-9-19-8-3-4-10-23-19)25-13-17-6-5-7-18(12-17)14-27-16-21-15-26-27/h3-8,10,12,15-16H,2,9,11,13-14H2,1H3,(H2,22,24,25). The number of hydrogen-bond donors (Lipinski definition) is 2. The summed E-state index contributed by atoms with van der Waals surface area (Å²) in [5.74, 6) is 0.815. The zero-order valence-electron chi connectivity index (χ0n) is 15.5. The number of aliphatic imine (C=N–C) groups is 1. The minimum atomic E-state index is 0.615. The molecule has 3 aromatic rings. The third kappa shape index (κ3) is 6.22. The zero-order valence-corrected chi connectivity index (χ0v) is 15.5. The van der Waals surface area contributed by atoms with Crippen LogP contribution in [0.3, 0.4) is 0 Å². The van der Waals surface area contributed by atoms with E-state index in [1.165, 1.54) is 5.56 Å². The average Bonchev–Trinajstić information content (AvgIpc) is 3.20. The third-order valence-corrected chi connectivity index (χ3v) is 3.97. The zero-order chi connectivity index (χ0) is 18.7. The average molecular weight is 363 g/mol. The topological polar surface area (TPSA) is 80.0 Å². The normalized spacial score (nSPS) is 11.4. The molecule has 27 heavy (non-hydrogen) atoms. The van der Waals surface area contributed by atoms with Gasteiger partial charge in [0.05, 0.1) is 13.1 Å². The van der Waals surface area contributed by atoms with E-state index in [1.807, 2.05) is 29.1 Å². The van der Waals surface area contributed by atoms with Gasteiger partial charge in [0, 0.05) is 31.4 Å². The highest BCUT2D eigenvalue weighted by molar-refractivity contribution is 5.79. The first kappa shape index (κ1) is 18.6. The number of nitrogens with zero attached hydrogens (tertiary/aromatic N) is 5. The third-order valence-electron chi connectivity index (χ3n) is 3.97. The van der Waals surface area contributed by atoms with Gasteiger partial charge in [0.1, 0.15) is 12.7 Å². The van der Waals surface area contributed by atoms with Crippen LogP contribution in [0.5, 0.6) is 0 Å². The van der Waals surface area contributed by atoms with Crippen molar-refractivity contribution < 1.29 is 0 Å². The number of benzene rings is 1. The molecule has 0 bridgehead atoms. The molecule has 0 saturated carbocycles. The van der Waals surface area contributed by atoms with E-state index in [4.69, 9.17) is 4.99 Å². The van der Waals surface area contributed by atoms with Gasteiger partial charge in [-0.2, -0.15) is 5.10 Å². The van der Waals surface area contributed by atoms with E-state index in [9.17, 15) is 0 Å². The van der Waals surface area contributed by atoms with Crippen molar-refractivity contribution >= 4 is 5.96 Å². The summed E-state index contributed by atoms with van der Waals surface area (Å²) in [4.78, 5) is 13.0. The molecular formula is C20H25N7. The first-order chi connectivity index (χ1) is 13.3. The maximum absolute atomic E-state index is 4.69. The van der Waals surface area contributed by atoms with E-state index in [1.54, 1.807) is 12.7 Å². The van der Waals surface area contributed by atoms with E-state index < -0.39 is 0 Å². The Balaban J connectivity index is 1.55. The van der Waals surface area contributed by atoms with Gasteiger partial charge in [0.2, 0.25) is 0 Å². The lowest BCUT2D eigenvalue weighted by Gasteiger charge is -2.11. The highest BCUT2D eigenvalue weighted by Gasteiger charge is 2.01. The first-order valence-electron chi connectivity index (χ1n) is 9.16. The number of guanidine groups is 1. The second-order valence-electron chi connectivity index (χ2n) is 6.11. The van der Waals surface area contributed by atoms with E-state index in [-0.39, 0.29) is 0 Å². The molecule has 2 heterocycles. The number of pyridine rings is 1. The summed E-state index contributed by atoms with van der Waals surface area (Å²) >= 11 is 0. The van der Waals surface area contributed by atoms with Crippen molar-refractivity contribution in [2.45, 2.75) is 26.4 Å². The van der Waals surface area contributed by atoms with Crippen LogP contribution in [0.2, 0.25) is 0 Å². The fourth-order valence-corrected chi connectivity index (χ4v) is 2.69. The molecule has 0 unspecified atom stereocenters. The van der Waals surface area contributed by atoms with Crippen molar-refractivity contribution in [3.05, 3.63) is 78.1 Å². The molecule has 0 saturated heterocycles. The van der Waals surface area contributed by atoms with Crippen LogP contribution < -0.4 is 10.6 Å². The molecule has 0 aliphatic carbocycles. The quantitative estimate of drug-likeness (QED) is 0.473.